The van der Waals surface area contributed by atoms with Crippen molar-refractivity contribution < 1.29 is 17.9 Å². The summed E-state index contributed by atoms with van der Waals surface area (Å²) in [6.45, 7) is 3.56. The van der Waals surface area contributed by atoms with E-state index in [1.54, 1.807) is 7.11 Å². The maximum absolute atomic E-state index is 11.6. The second-order valence-corrected chi connectivity index (χ2v) is 6.77. The second-order valence-electron chi connectivity index (χ2n) is 4.58. The van der Waals surface area contributed by atoms with Gasteiger partial charge in [0.05, 0.1) is 12.4 Å². The molecule has 1 atom stereocenters. The van der Waals surface area contributed by atoms with Crippen molar-refractivity contribution in [2.45, 2.75) is 13.0 Å². The van der Waals surface area contributed by atoms with Gasteiger partial charge in [-0.3, -0.25) is 0 Å². The molecular weight excluding hydrogens is 278 g/mol. The Kier molecular flexibility index (Phi) is 6.98. The van der Waals surface area contributed by atoms with Gasteiger partial charge in [-0.25, -0.2) is 8.42 Å². The Morgan fingerprint density at radius 1 is 1.25 bits per heavy atom. The van der Waals surface area contributed by atoms with E-state index in [-0.39, 0.29) is 11.8 Å². The van der Waals surface area contributed by atoms with Crippen molar-refractivity contribution in [2.24, 2.45) is 0 Å². The Balaban J connectivity index is 2.94. The van der Waals surface area contributed by atoms with Gasteiger partial charge in [0.1, 0.15) is 22.2 Å². The van der Waals surface area contributed by atoms with Crippen molar-refractivity contribution in [3.8, 4) is 5.75 Å². The topological polar surface area (TPSA) is 64.6 Å². The summed E-state index contributed by atoms with van der Waals surface area (Å²) in [5, 5.41) is 3.20. The van der Waals surface area contributed by atoms with Gasteiger partial charge in [-0.1, -0.05) is 25.1 Å². The third kappa shape index (κ3) is 5.90. The van der Waals surface area contributed by atoms with Crippen molar-refractivity contribution in [1.29, 1.82) is 0 Å². The summed E-state index contributed by atoms with van der Waals surface area (Å²) in [5.41, 5.74) is 0.857. The fourth-order valence-corrected chi connectivity index (χ4v) is 2.85. The van der Waals surface area contributed by atoms with Crippen LogP contribution in [0.4, 0.5) is 0 Å². The number of benzene rings is 1. The molecule has 0 aromatic heterocycles. The molecule has 0 spiro atoms. The van der Waals surface area contributed by atoms with E-state index >= 15 is 0 Å². The quantitative estimate of drug-likeness (QED) is 0.699. The van der Waals surface area contributed by atoms with Crippen LogP contribution in [0.25, 0.3) is 0 Å². The second kappa shape index (κ2) is 8.24. The number of hydrogen-bond donors (Lipinski definition) is 1. The predicted molar refractivity (Wildman–Crippen MR) is 79.9 cm³/mol. The highest BCUT2D eigenvalue weighted by atomic mass is 32.2. The predicted octanol–water partition coefficient (Wildman–Crippen LogP) is 1.41. The fourth-order valence-electron chi connectivity index (χ4n) is 1.94. The molecule has 0 heterocycles. The summed E-state index contributed by atoms with van der Waals surface area (Å²) >= 11 is 0. The summed E-state index contributed by atoms with van der Waals surface area (Å²) < 4.78 is 33.7. The zero-order chi connectivity index (χ0) is 15.0. The molecule has 1 aromatic carbocycles. The van der Waals surface area contributed by atoms with Crippen LogP contribution in [0.1, 0.15) is 18.5 Å². The maximum atomic E-state index is 11.6. The molecular formula is C14H23NO4S. The Labute approximate surface area is 121 Å². The van der Waals surface area contributed by atoms with E-state index in [0.717, 1.165) is 5.56 Å². The lowest BCUT2D eigenvalue weighted by Gasteiger charge is -2.20. The normalized spacial score (nSPS) is 13.2. The molecule has 0 saturated carbocycles. The molecule has 0 bridgehead atoms. The monoisotopic (exact) mass is 301 g/mol. The molecule has 0 aliphatic carbocycles. The van der Waals surface area contributed by atoms with Crippen LogP contribution < -0.4 is 10.1 Å². The zero-order valence-electron chi connectivity index (χ0n) is 12.3. The molecule has 0 aliphatic heterocycles. The summed E-state index contributed by atoms with van der Waals surface area (Å²) in [6, 6.07) is 7.21. The molecule has 1 N–H and O–H groups in total. The fraction of sp³-hybridized carbons (Fsp3) is 0.571. The first kappa shape index (κ1) is 16.9. The lowest BCUT2D eigenvalue weighted by atomic mass is 10.1. The lowest BCUT2D eigenvalue weighted by molar-refractivity contribution is 0.145. The standard InChI is InChI=1S/C14H23NO4S/c1-4-15-13(11-20(3,16)17)12-7-5-6-8-14(12)19-10-9-18-2/h5-8,13,15H,4,9-11H2,1-3H3. The number of nitrogens with one attached hydrogen (secondary N) is 1. The van der Waals surface area contributed by atoms with Gasteiger partial charge in [-0.15, -0.1) is 0 Å². The minimum Gasteiger partial charge on any atom is -0.491 e. The largest absolute Gasteiger partial charge is 0.491 e. The van der Waals surface area contributed by atoms with Crippen LogP contribution >= 0.6 is 0 Å². The van der Waals surface area contributed by atoms with Gasteiger partial charge < -0.3 is 14.8 Å². The van der Waals surface area contributed by atoms with Crippen LogP contribution in [0.3, 0.4) is 0 Å². The van der Waals surface area contributed by atoms with E-state index in [2.05, 4.69) is 5.32 Å². The smallest absolute Gasteiger partial charge is 0.149 e. The molecule has 0 fully saturated rings. The van der Waals surface area contributed by atoms with Crippen LogP contribution in [-0.4, -0.2) is 47.3 Å². The third-order valence-electron chi connectivity index (χ3n) is 2.76. The number of hydrogen-bond acceptors (Lipinski definition) is 5. The van der Waals surface area contributed by atoms with Crippen molar-refractivity contribution in [3.05, 3.63) is 29.8 Å². The molecule has 0 saturated heterocycles. The SMILES string of the molecule is CCNC(CS(C)(=O)=O)c1ccccc1OCCOC. The van der Waals surface area contributed by atoms with Crippen LogP contribution in [0, 0.1) is 0 Å². The third-order valence-corrected chi connectivity index (χ3v) is 3.70. The highest BCUT2D eigenvalue weighted by Crippen LogP contribution is 2.26. The van der Waals surface area contributed by atoms with E-state index in [4.69, 9.17) is 9.47 Å². The Morgan fingerprint density at radius 2 is 1.95 bits per heavy atom. The minimum absolute atomic E-state index is 0.0471. The summed E-state index contributed by atoms with van der Waals surface area (Å²) in [5.74, 6) is 0.741. The van der Waals surface area contributed by atoms with Gasteiger partial charge in [-0.05, 0) is 12.6 Å². The minimum atomic E-state index is -3.08. The van der Waals surface area contributed by atoms with E-state index in [9.17, 15) is 8.42 Å². The summed E-state index contributed by atoms with van der Waals surface area (Å²) in [6.07, 6.45) is 1.24. The number of rotatable bonds is 9. The van der Waals surface area contributed by atoms with Gasteiger partial charge in [0.2, 0.25) is 0 Å². The van der Waals surface area contributed by atoms with Crippen molar-refractivity contribution in [3.63, 3.8) is 0 Å². The van der Waals surface area contributed by atoms with Gasteiger partial charge in [0.15, 0.2) is 0 Å². The van der Waals surface area contributed by atoms with Crippen molar-refractivity contribution >= 4 is 9.84 Å². The average Bonchev–Trinajstić information content (AvgIpc) is 2.38. The molecule has 1 aromatic rings. The maximum Gasteiger partial charge on any atom is 0.149 e. The Hall–Kier alpha value is -1.11. The molecule has 5 nitrogen and oxygen atoms in total. The molecule has 6 heteroatoms. The highest BCUT2D eigenvalue weighted by Gasteiger charge is 2.19. The van der Waals surface area contributed by atoms with E-state index < -0.39 is 9.84 Å². The summed E-state index contributed by atoms with van der Waals surface area (Å²) in [7, 11) is -1.47. The molecule has 1 rings (SSSR count). The highest BCUT2D eigenvalue weighted by molar-refractivity contribution is 7.90. The first-order chi connectivity index (χ1) is 9.48. The number of methoxy groups -OCH3 is 1. The van der Waals surface area contributed by atoms with Gasteiger partial charge in [0, 0.05) is 25.0 Å². The molecule has 20 heavy (non-hydrogen) atoms. The van der Waals surface area contributed by atoms with Crippen molar-refractivity contribution in [2.75, 3.05) is 38.9 Å². The van der Waals surface area contributed by atoms with Crippen LogP contribution in [0.5, 0.6) is 5.75 Å². The van der Waals surface area contributed by atoms with Gasteiger partial charge >= 0.3 is 0 Å². The Morgan fingerprint density at radius 3 is 2.55 bits per heavy atom. The number of para-hydroxylation sites is 1. The number of sulfone groups is 1. The summed E-state index contributed by atoms with van der Waals surface area (Å²) in [4.78, 5) is 0. The molecule has 114 valence electrons. The molecule has 0 radical (unpaired) electrons. The molecule has 0 aliphatic rings. The van der Waals surface area contributed by atoms with Crippen LogP contribution in [-0.2, 0) is 14.6 Å². The lowest BCUT2D eigenvalue weighted by Crippen LogP contribution is -2.28. The first-order valence-electron chi connectivity index (χ1n) is 6.59. The van der Waals surface area contributed by atoms with Gasteiger partial charge in [0.25, 0.3) is 0 Å². The van der Waals surface area contributed by atoms with E-state index in [1.165, 1.54) is 6.26 Å². The van der Waals surface area contributed by atoms with E-state index in [0.29, 0.717) is 25.5 Å². The van der Waals surface area contributed by atoms with Crippen LogP contribution in [0.15, 0.2) is 24.3 Å². The average molecular weight is 301 g/mol. The molecule has 1 unspecified atom stereocenters. The zero-order valence-corrected chi connectivity index (χ0v) is 13.1. The molecule has 0 amide bonds. The Bertz CT molecular complexity index is 502. The first-order valence-corrected chi connectivity index (χ1v) is 8.65. The van der Waals surface area contributed by atoms with Crippen molar-refractivity contribution in [1.82, 2.24) is 5.32 Å². The van der Waals surface area contributed by atoms with E-state index in [1.807, 2.05) is 31.2 Å². The van der Waals surface area contributed by atoms with Gasteiger partial charge in [-0.2, -0.15) is 0 Å². The number of ether oxygens (including phenoxy) is 2. The van der Waals surface area contributed by atoms with Crippen LogP contribution in [0.2, 0.25) is 0 Å².